The molecule has 3 heterocycles. The standard InChI is InChI=1S/C17H12N2S/c1-2-16(20-11-1)13-5-3-12(4-6-13)14-7-9-18-17-15(14)8-10-19-17/h1-11H,(H,18,19). The molecule has 0 aliphatic carbocycles. The van der Waals surface area contributed by atoms with Gasteiger partial charge >= 0.3 is 0 Å². The summed E-state index contributed by atoms with van der Waals surface area (Å²) >= 11 is 1.77. The molecule has 0 unspecified atom stereocenters. The third-order valence-electron chi connectivity index (χ3n) is 3.46. The van der Waals surface area contributed by atoms with Crippen LogP contribution in [-0.4, -0.2) is 9.97 Å². The zero-order valence-electron chi connectivity index (χ0n) is 10.7. The molecule has 0 amide bonds. The molecule has 4 rings (SSSR count). The molecule has 0 spiro atoms. The van der Waals surface area contributed by atoms with Gasteiger partial charge in [0, 0.05) is 22.7 Å². The number of hydrogen-bond donors (Lipinski definition) is 1. The summed E-state index contributed by atoms with van der Waals surface area (Å²) in [5.74, 6) is 0. The monoisotopic (exact) mass is 276 g/mol. The lowest BCUT2D eigenvalue weighted by Gasteiger charge is -2.04. The van der Waals surface area contributed by atoms with Crippen molar-refractivity contribution in [3.8, 4) is 21.6 Å². The maximum atomic E-state index is 4.33. The zero-order chi connectivity index (χ0) is 13.4. The smallest absolute Gasteiger partial charge is 0.137 e. The number of pyridine rings is 1. The maximum Gasteiger partial charge on any atom is 0.137 e. The van der Waals surface area contributed by atoms with Gasteiger partial charge < -0.3 is 4.98 Å². The van der Waals surface area contributed by atoms with Gasteiger partial charge in [-0.25, -0.2) is 4.98 Å². The van der Waals surface area contributed by atoms with Crippen LogP contribution in [0.5, 0.6) is 0 Å². The van der Waals surface area contributed by atoms with Gasteiger partial charge in [0.25, 0.3) is 0 Å². The highest BCUT2D eigenvalue weighted by Crippen LogP contribution is 2.30. The Labute approximate surface area is 120 Å². The first-order chi connectivity index (χ1) is 9.92. The second kappa shape index (κ2) is 4.62. The van der Waals surface area contributed by atoms with Crippen molar-refractivity contribution >= 4 is 22.4 Å². The van der Waals surface area contributed by atoms with Crippen molar-refractivity contribution in [1.82, 2.24) is 9.97 Å². The van der Waals surface area contributed by atoms with Crippen molar-refractivity contribution in [3.63, 3.8) is 0 Å². The molecule has 3 aromatic heterocycles. The molecule has 0 saturated carbocycles. The Kier molecular flexibility index (Phi) is 2.64. The third kappa shape index (κ3) is 1.84. The van der Waals surface area contributed by atoms with E-state index in [4.69, 9.17) is 0 Å². The van der Waals surface area contributed by atoms with Crippen molar-refractivity contribution in [3.05, 3.63) is 66.3 Å². The number of fused-ring (bicyclic) bond motifs is 1. The fraction of sp³-hybridized carbons (Fsp3) is 0. The van der Waals surface area contributed by atoms with E-state index in [1.165, 1.54) is 21.6 Å². The van der Waals surface area contributed by atoms with Crippen molar-refractivity contribution in [2.24, 2.45) is 0 Å². The van der Waals surface area contributed by atoms with Gasteiger partial charge in [-0.15, -0.1) is 11.3 Å². The summed E-state index contributed by atoms with van der Waals surface area (Å²) in [5.41, 5.74) is 4.64. The van der Waals surface area contributed by atoms with Gasteiger partial charge in [0.15, 0.2) is 0 Å². The SMILES string of the molecule is c1csc(-c2ccc(-c3ccnc4[nH]ccc34)cc2)c1. The molecular weight excluding hydrogens is 264 g/mol. The third-order valence-corrected chi connectivity index (χ3v) is 4.38. The maximum absolute atomic E-state index is 4.33. The van der Waals surface area contributed by atoms with Crippen molar-refractivity contribution in [2.45, 2.75) is 0 Å². The van der Waals surface area contributed by atoms with Crippen molar-refractivity contribution < 1.29 is 0 Å². The summed E-state index contributed by atoms with van der Waals surface area (Å²) in [7, 11) is 0. The number of hydrogen-bond acceptors (Lipinski definition) is 2. The summed E-state index contributed by atoms with van der Waals surface area (Å²) in [6, 6.07) is 17.1. The first-order valence-electron chi connectivity index (χ1n) is 6.48. The summed E-state index contributed by atoms with van der Waals surface area (Å²) < 4.78 is 0. The van der Waals surface area contributed by atoms with E-state index in [1.54, 1.807) is 11.3 Å². The van der Waals surface area contributed by atoms with Crippen LogP contribution in [0, 0.1) is 0 Å². The molecule has 1 aromatic carbocycles. The van der Waals surface area contributed by atoms with Gasteiger partial charge in [-0.1, -0.05) is 30.3 Å². The number of benzene rings is 1. The van der Waals surface area contributed by atoms with Gasteiger partial charge in [-0.05, 0) is 40.3 Å². The van der Waals surface area contributed by atoms with Crippen molar-refractivity contribution in [2.75, 3.05) is 0 Å². The molecule has 1 N–H and O–H groups in total. The summed E-state index contributed by atoms with van der Waals surface area (Å²) in [5, 5.41) is 3.27. The van der Waals surface area contributed by atoms with E-state index in [0.29, 0.717) is 0 Å². The van der Waals surface area contributed by atoms with Crippen LogP contribution in [0.3, 0.4) is 0 Å². The van der Waals surface area contributed by atoms with Crippen LogP contribution < -0.4 is 0 Å². The van der Waals surface area contributed by atoms with Gasteiger partial charge in [0.1, 0.15) is 5.65 Å². The molecule has 0 fully saturated rings. The molecule has 0 saturated heterocycles. The van der Waals surface area contributed by atoms with Crippen LogP contribution >= 0.6 is 11.3 Å². The van der Waals surface area contributed by atoms with Crippen LogP contribution in [0.15, 0.2) is 66.3 Å². The van der Waals surface area contributed by atoms with E-state index < -0.39 is 0 Å². The van der Waals surface area contributed by atoms with E-state index in [-0.39, 0.29) is 0 Å². The minimum Gasteiger partial charge on any atom is -0.346 e. The second-order valence-electron chi connectivity index (χ2n) is 4.65. The predicted octanol–water partition coefficient (Wildman–Crippen LogP) is 4.96. The Balaban J connectivity index is 1.81. The molecule has 3 heteroatoms. The zero-order valence-corrected chi connectivity index (χ0v) is 11.5. The fourth-order valence-electron chi connectivity index (χ4n) is 2.47. The van der Waals surface area contributed by atoms with Crippen LogP contribution in [0.2, 0.25) is 0 Å². The van der Waals surface area contributed by atoms with Crippen molar-refractivity contribution in [1.29, 1.82) is 0 Å². The lowest BCUT2D eigenvalue weighted by Crippen LogP contribution is -1.82. The number of H-pyrrole nitrogens is 1. The Morgan fingerprint density at radius 2 is 1.75 bits per heavy atom. The normalized spacial score (nSPS) is 11.0. The first kappa shape index (κ1) is 11.4. The van der Waals surface area contributed by atoms with E-state index in [2.05, 4.69) is 63.9 Å². The molecule has 2 nitrogen and oxygen atoms in total. The number of nitrogens with zero attached hydrogens (tertiary/aromatic N) is 1. The quantitative estimate of drug-likeness (QED) is 0.551. The van der Waals surface area contributed by atoms with Gasteiger partial charge in [-0.3, -0.25) is 0 Å². The molecule has 0 atom stereocenters. The van der Waals surface area contributed by atoms with E-state index >= 15 is 0 Å². The average molecular weight is 276 g/mol. The minimum atomic E-state index is 0.935. The highest BCUT2D eigenvalue weighted by Gasteiger charge is 2.06. The highest BCUT2D eigenvalue weighted by molar-refractivity contribution is 7.13. The molecule has 0 bridgehead atoms. The molecule has 0 aliphatic rings. The summed E-state index contributed by atoms with van der Waals surface area (Å²) in [6.07, 6.45) is 3.78. The Morgan fingerprint density at radius 1 is 0.900 bits per heavy atom. The predicted molar refractivity (Wildman–Crippen MR) is 84.8 cm³/mol. The Bertz CT molecular complexity index is 842. The minimum absolute atomic E-state index is 0.935. The van der Waals surface area contributed by atoms with Gasteiger partial charge in [-0.2, -0.15) is 0 Å². The first-order valence-corrected chi connectivity index (χ1v) is 7.36. The van der Waals surface area contributed by atoms with Gasteiger partial charge in [0.05, 0.1) is 0 Å². The highest BCUT2D eigenvalue weighted by atomic mass is 32.1. The molecule has 0 aliphatic heterocycles. The van der Waals surface area contributed by atoms with E-state index in [1.807, 2.05) is 12.4 Å². The molecule has 20 heavy (non-hydrogen) atoms. The number of rotatable bonds is 2. The second-order valence-corrected chi connectivity index (χ2v) is 5.60. The van der Waals surface area contributed by atoms with E-state index in [9.17, 15) is 0 Å². The molecule has 0 radical (unpaired) electrons. The molecular formula is C17H12N2S. The van der Waals surface area contributed by atoms with Crippen LogP contribution in [0.1, 0.15) is 0 Å². The lowest BCUT2D eigenvalue weighted by atomic mass is 10.0. The number of aromatic nitrogens is 2. The average Bonchev–Trinajstić information content (AvgIpc) is 3.18. The summed E-state index contributed by atoms with van der Waals surface area (Å²) in [4.78, 5) is 8.79. The lowest BCUT2D eigenvalue weighted by molar-refractivity contribution is 1.33. The summed E-state index contributed by atoms with van der Waals surface area (Å²) in [6.45, 7) is 0. The molecule has 4 aromatic rings. The van der Waals surface area contributed by atoms with Crippen LogP contribution in [0.25, 0.3) is 32.6 Å². The molecule has 96 valence electrons. The van der Waals surface area contributed by atoms with Crippen LogP contribution in [0.4, 0.5) is 0 Å². The largest absolute Gasteiger partial charge is 0.346 e. The van der Waals surface area contributed by atoms with Crippen LogP contribution in [-0.2, 0) is 0 Å². The Morgan fingerprint density at radius 3 is 2.55 bits per heavy atom. The fourth-order valence-corrected chi connectivity index (χ4v) is 3.20. The number of thiophene rings is 1. The Hall–Kier alpha value is -2.39. The number of nitrogens with one attached hydrogen (secondary N) is 1. The van der Waals surface area contributed by atoms with E-state index in [0.717, 1.165) is 11.0 Å². The van der Waals surface area contributed by atoms with Gasteiger partial charge in [0.2, 0.25) is 0 Å². The number of aromatic amines is 1. The topological polar surface area (TPSA) is 28.7 Å².